The zero-order chi connectivity index (χ0) is 17.6. The molecule has 0 radical (unpaired) electrons. The minimum atomic E-state index is -1.67. The van der Waals surface area contributed by atoms with Gasteiger partial charge in [-0.1, -0.05) is 32.6 Å². The predicted molar refractivity (Wildman–Crippen MR) is 83.7 cm³/mol. The number of amides is 2. The highest BCUT2D eigenvalue weighted by atomic mass is 16.4. The quantitative estimate of drug-likeness (QED) is 0.293. The maximum absolute atomic E-state index is 11.9. The lowest BCUT2D eigenvalue weighted by Crippen LogP contribution is -2.69. The maximum atomic E-state index is 11.9. The fourth-order valence-corrected chi connectivity index (χ4v) is 2.77. The summed E-state index contributed by atoms with van der Waals surface area (Å²) in [5.74, 6) is 0. The number of nitrogens with one attached hydrogen (secondary N) is 2. The summed E-state index contributed by atoms with van der Waals surface area (Å²) in [5, 5.41) is 53.5. The monoisotopic (exact) mass is 334 g/mol. The average Bonchev–Trinajstić information content (AvgIpc) is 2.52. The van der Waals surface area contributed by atoms with E-state index in [0.717, 1.165) is 32.1 Å². The summed E-state index contributed by atoms with van der Waals surface area (Å²) >= 11 is 0. The molecule has 1 fully saturated rings. The van der Waals surface area contributed by atoms with Gasteiger partial charge in [0.1, 0.15) is 30.5 Å². The summed E-state index contributed by atoms with van der Waals surface area (Å²) in [6.45, 7) is 3.97. The summed E-state index contributed by atoms with van der Waals surface area (Å²) in [7, 11) is 0. The first-order chi connectivity index (χ1) is 10.8. The largest absolute Gasteiger partial charge is 0.388 e. The van der Waals surface area contributed by atoms with Crippen molar-refractivity contribution in [2.75, 3.05) is 0 Å². The Morgan fingerprint density at radius 1 is 0.913 bits per heavy atom. The molecule has 1 aliphatic carbocycles. The van der Waals surface area contributed by atoms with Crippen molar-refractivity contribution >= 4 is 6.03 Å². The molecule has 0 bridgehead atoms. The lowest BCUT2D eigenvalue weighted by molar-refractivity contribution is -0.188. The van der Waals surface area contributed by atoms with Gasteiger partial charge in [0.2, 0.25) is 0 Å². The van der Waals surface area contributed by atoms with Gasteiger partial charge in [-0.05, 0) is 13.3 Å². The fourth-order valence-electron chi connectivity index (χ4n) is 2.77. The molecule has 136 valence electrons. The Balaban J connectivity index is 2.46. The van der Waals surface area contributed by atoms with Gasteiger partial charge in [-0.2, -0.15) is 0 Å². The van der Waals surface area contributed by atoms with Crippen LogP contribution in [0.15, 0.2) is 0 Å². The minimum absolute atomic E-state index is 0.0785. The van der Waals surface area contributed by atoms with E-state index in [0.29, 0.717) is 0 Å². The molecular formula is C15H30N2O6. The number of rotatable bonds is 7. The highest BCUT2D eigenvalue weighted by Gasteiger charge is 2.48. The molecule has 23 heavy (non-hydrogen) atoms. The number of urea groups is 1. The molecule has 0 aromatic carbocycles. The molecule has 0 aliphatic heterocycles. The van der Waals surface area contributed by atoms with Gasteiger partial charge in [-0.15, -0.1) is 0 Å². The van der Waals surface area contributed by atoms with Crippen molar-refractivity contribution in [1.82, 2.24) is 10.6 Å². The average molecular weight is 334 g/mol. The lowest BCUT2D eigenvalue weighted by atomic mass is 9.83. The third-order valence-corrected chi connectivity index (χ3v) is 4.30. The number of aliphatic hydroxyl groups excluding tert-OH is 5. The van der Waals surface area contributed by atoms with E-state index in [1.807, 2.05) is 6.92 Å². The second kappa shape index (κ2) is 9.39. The van der Waals surface area contributed by atoms with Crippen LogP contribution < -0.4 is 10.6 Å². The van der Waals surface area contributed by atoms with Gasteiger partial charge in [0.25, 0.3) is 0 Å². The number of carbonyl (C=O) groups excluding carboxylic acids is 1. The summed E-state index contributed by atoms with van der Waals surface area (Å²) in [4.78, 5) is 11.9. The van der Waals surface area contributed by atoms with Crippen LogP contribution in [0.3, 0.4) is 0 Å². The van der Waals surface area contributed by atoms with Gasteiger partial charge in [-0.25, -0.2) is 4.79 Å². The second-order valence-electron chi connectivity index (χ2n) is 6.35. The number of aliphatic hydroxyl groups is 5. The first kappa shape index (κ1) is 20.1. The second-order valence-corrected chi connectivity index (χ2v) is 6.35. The van der Waals surface area contributed by atoms with E-state index < -0.39 is 42.6 Å². The van der Waals surface area contributed by atoms with E-state index >= 15 is 0 Å². The zero-order valence-corrected chi connectivity index (χ0v) is 13.7. The maximum Gasteiger partial charge on any atom is 0.315 e. The summed E-state index contributed by atoms with van der Waals surface area (Å²) in [6, 6.07) is -1.95. The van der Waals surface area contributed by atoms with E-state index in [1.54, 1.807) is 0 Å². The highest BCUT2D eigenvalue weighted by Crippen LogP contribution is 2.21. The number of hydrogen-bond donors (Lipinski definition) is 7. The molecule has 0 aromatic rings. The molecular weight excluding hydrogens is 304 g/mol. The third kappa shape index (κ3) is 5.58. The Morgan fingerprint density at radius 2 is 1.43 bits per heavy atom. The van der Waals surface area contributed by atoms with Gasteiger partial charge in [0, 0.05) is 6.04 Å². The highest BCUT2D eigenvalue weighted by molar-refractivity contribution is 5.74. The van der Waals surface area contributed by atoms with Crippen molar-refractivity contribution in [3.05, 3.63) is 0 Å². The molecule has 7 N–H and O–H groups in total. The molecule has 1 aliphatic rings. The van der Waals surface area contributed by atoms with E-state index in [4.69, 9.17) is 0 Å². The van der Waals surface area contributed by atoms with Crippen LogP contribution in [-0.2, 0) is 0 Å². The van der Waals surface area contributed by atoms with E-state index in [-0.39, 0.29) is 6.04 Å². The summed E-state index contributed by atoms with van der Waals surface area (Å²) in [6.07, 6.45) is -2.92. The molecule has 8 nitrogen and oxygen atoms in total. The minimum Gasteiger partial charge on any atom is -0.388 e. The fraction of sp³-hybridized carbons (Fsp3) is 0.933. The van der Waals surface area contributed by atoms with Crippen LogP contribution in [-0.4, -0.2) is 74.2 Å². The Labute approximate surface area is 136 Å². The van der Waals surface area contributed by atoms with Gasteiger partial charge in [-0.3, -0.25) is 0 Å². The lowest BCUT2D eigenvalue weighted by Gasteiger charge is -2.42. The molecule has 7 atom stereocenters. The first-order valence-electron chi connectivity index (χ1n) is 8.27. The normalized spacial score (nSPS) is 35.6. The van der Waals surface area contributed by atoms with Crippen LogP contribution in [0, 0.1) is 0 Å². The molecule has 0 spiro atoms. The smallest absolute Gasteiger partial charge is 0.315 e. The van der Waals surface area contributed by atoms with Crippen LogP contribution in [0.4, 0.5) is 4.79 Å². The van der Waals surface area contributed by atoms with Crippen molar-refractivity contribution in [1.29, 1.82) is 0 Å². The van der Waals surface area contributed by atoms with E-state index in [1.165, 1.54) is 0 Å². The van der Waals surface area contributed by atoms with Crippen molar-refractivity contribution in [3.8, 4) is 0 Å². The van der Waals surface area contributed by atoms with E-state index in [9.17, 15) is 30.3 Å². The SMILES string of the molecule is CCCCCCC(C)NC(=O)NC1[C@@H](O)[C@H](O)C(O)[C@H](O)[C@H]1O. The van der Waals surface area contributed by atoms with Crippen molar-refractivity contribution in [2.45, 2.75) is 88.6 Å². The van der Waals surface area contributed by atoms with Gasteiger partial charge in [0.05, 0.1) is 6.04 Å². The Bertz CT molecular complexity index is 354. The number of unbranched alkanes of at least 4 members (excludes halogenated alkanes) is 3. The van der Waals surface area contributed by atoms with Crippen molar-refractivity contribution in [3.63, 3.8) is 0 Å². The molecule has 8 heteroatoms. The van der Waals surface area contributed by atoms with Gasteiger partial charge < -0.3 is 36.2 Å². The molecule has 1 saturated carbocycles. The molecule has 2 amide bonds. The third-order valence-electron chi connectivity index (χ3n) is 4.30. The number of hydrogen-bond acceptors (Lipinski definition) is 6. The van der Waals surface area contributed by atoms with Gasteiger partial charge in [0.15, 0.2) is 0 Å². The summed E-state index contributed by atoms with van der Waals surface area (Å²) in [5.41, 5.74) is 0. The molecule has 0 heterocycles. The van der Waals surface area contributed by atoms with Gasteiger partial charge >= 0.3 is 6.03 Å². The standard InChI is InChI=1S/C15H30N2O6/c1-3-4-5-6-7-8(2)16-15(23)17-9-10(18)12(20)14(22)13(21)11(9)19/h8-14,18-22H,3-7H2,1-2H3,(H2,16,17,23)/t8?,9?,10-,11+,12+,13-,14?. The Hall–Kier alpha value is -0.930. The summed E-state index contributed by atoms with van der Waals surface area (Å²) < 4.78 is 0. The topological polar surface area (TPSA) is 142 Å². The Kier molecular flexibility index (Phi) is 8.21. The predicted octanol–water partition coefficient (Wildman–Crippen LogP) is -1.17. The molecule has 1 rings (SSSR count). The first-order valence-corrected chi connectivity index (χ1v) is 8.27. The van der Waals surface area contributed by atoms with Crippen LogP contribution in [0.2, 0.25) is 0 Å². The zero-order valence-electron chi connectivity index (χ0n) is 13.7. The van der Waals surface area contributed by atoms with Crippen molar-refractivity contribution < 1.29 is 30.3 Å². The number of carbonyl (C=O) groups is 1. The van der Waals surface area contributed by atoms with Crippen LogP contribution >= 0.6 is 0 Å². The van der Waals surface area contributed by atoms with E-state index in [2.05, 4.69) is 17.6 Å². The van der Waals surface area contributed by atoms with Crippen LogP contribution in [0.1, 0.15) is 46.0 Å². The van der Waals surface area contributed by atoms with Crippen molar-refractivity contribution in [2.24, 2.45) is 0 Å². The van der Waals surface area contributed by atoms with Crippen LogP contribution in [0.5, 0.6) is 0 Å². The molecule has 0 saturated heterocycles. The molecule has 3 unspecified atom stereocenters. The van der Waals surface area contributed by atoms with Crippen LogP contribution in [0.25, 0.3) is 0 Å². The molecule has 0 aromatic heterocycles. The Morgan fingerprint density at radius 3 is 1.96 bits per heavy atom.